The zero-order valence-corrected chi connectivity index (χ0v) is 18.4. The Morgan fingerprint density at radius 3 is 2.12 bits per heavy atom. The van der Waals surface area contributed by atoms with E-state index in [0.717, 1.165) is 12.5 Å². The van der Waals surface area contributed by atoms with Crippen LogP contribution in [-0.2, 0) is 10.0 Å². The first-order valence-corrected chi connectivity index (χ1v) is 11.4. The Balaban J connectivity index is 1.96. The third kappa shape index (κ3) is 2.99. The van der Waals surface area contributed by atoms with E-state index in [9.17, 15) is 13.2 Å². The topological polar surface area (TPSA) is 54.5 Å². The van der Waals surface area contributed by atoms with Gasteiger partial charge in [0, 0.05) is 11.1 Å². The van der Waals surface area contributed by atoms with Crippen molar-refractivity contribution in [3.05, 3.63) is 102 Å². The molecule has 0 saturated heterocycles. The highest BCUT2D eigenvalue weighted by Gasteiger charge is 2.66. The van der Waals surface area contributed by atoms with E-state index in [1.165, 1.54) is 48.5 Å². The predicted molar refractivity (Wildman–Crippen MR) is 120 cm³/mol. The molecule has 4 rings (SSSR count). The second-order valence-electron chi connectivity index (χ2n) is 7.92. The molecule has 3 aromatic rings. The van der Waals surface area contributed by atoms with Gasteiger partial charge in [0.05, 0.1) is 10.6 Å². The number of para-hydroxylation sites is 1. The number of rotatable bonds is 5. The second-order valence-corrected chi connectivity index (χ2v) is 9.71. The van der Waals surface area contributed by atoms with Gasteiger partial charge in [0.1, 0.15) is 5.54 Å². The van der Waals surface area contributed by atoms with Crippen LogP contribution < -0.4 is 4.31 Å². The summed E-state index contributed by atoms with van der Waals surface area (Å²) >= 11 is 0. The number of ketones is 1. The summed E-state index contributed by atoms with van der Waals surface area (Å²) in [5.74, 6) is -5.58. The van der Waals surface area contributed by atoms with Crippen LogP contribution in [0.1, 0.15) is 28.4 Å². The molecule has 0 amide bonds. The zero-order valence-electron chi connectivity index (χ0n) is 17.5. The third-order valence-corrected chi connectivity index (χ3v) is 7.84. The minimum Gasteiger partial charge on any atom is -0.287 e. The van der Waals surface area contributed by atoms with Crippen LogP contribution in [0.15, 0.2) is 90.3 Å². The van der Waals surface area contributed by atoms with E-state index in [2.05, 4.69) is 6.58 Å². The smallest absolute Gasteiger partial charge is 0.287 e. The van der Waals surface area contributed by atoms with Gasteiger partial charge in [-0.3, -0.25) is 4.79 Å². The molecule has 0 radical (unpaired) electrons. The molecule has 3 aromatic carbocycles. The number of carbonyl (C=O) groups is 1. The van der Waals surface area contributed by atoms with Crippen molar-refractivity contribution in [2.75, 3.05) is 4.31 Å². The van der Waals surface area contributed by atoms with Crippen LogP contribution >= 0.6 is 0 Å². The number of Topliss-reactive ketones (excluding diaryl/α,β-unsaturated/α-hetero) is 1. The lowest BCUT2D eigenvalue weighted by Gasteiger charge is -2.41. The van der Waals surface area contributed by atoms with Gasteiger partial charge < -0.3 is 0 Å². The van der Waals surface area contributed by atoms with Crippen LogP contribution in [-0.4, -0.2) is 25.7 Å². The Kier molecular flexibility index (Phi) is 5.05. The minimum atomic E-state index is -4.47. The average Bonchev–Trinajstić information content (AvgIpc) is 3.03. The molecule has 0 bridgehead atoms. The molecule has 0 fully saturated rings. The maximum Gasteiger partial charge on any atom is 0.337 e. The van der Waals surface area contributed by atoms with E-state index in [1.807, 2.05) is 0 Å². The lowest BCUT2D eigenvalue weighted by atomic mass is 9.82. The highest BCUT2D eigenvalue weighted by atomic mass is 32.2. The molecule has 164 valence electrons. The first-order chi connectivity index (χ1) is 15.0. The number of nitrogens with zero attached hydrogens (tertiary/aromatic N) is 1. The number of hydrogen-bond donors (Lipinski definition) is 0. The van der Waals surface area contributed by atoms with Crippen molar-refractivity contribution in [2.24, 2.45) is 0 Å². The lowest BCUT2D eigenvalue weighted by Crippen LogP contribution is -2.61. The largest absolute Gasteiger partial charge is 0.337 e. The Labute approximate surface area is 185 Å². The van der Waals surface area contributed by atoms with Gasteiger partial charge in [-0.05, 0) is 37.6 Å². The molecule has 4 nitrogen and oxygen atoms in total. The van der Waals surface area contributed by atoms with Crippen molar-refractivity contribution < 1.29 is 22.0 Å². The van der Waals surface area contributed by atoms with Crippen molar-refractivity contribution in [3.8, 4) is 0 Å². The van der Waals surface area contributed by atoms with Crippen LogP contribution in [0.2, 0.25) is 0 Å². The number of halogens is 2. The predicted octanol–water partition coefficient (Wildman–Crippen LogP) is 5.49. The van der Waals surface area contributed by atoms with Gasteiger partial charge in [0.15, 0.2) is 0 Å². The van der Waals surface area contributed by atoms with Crippen molar-refractivity contribution in [2.45, 2.75) is 30.2 Å². The Bertz CT molecular complexity index is 1320. The maximum absolute atomic E-state index is 16.1. The normalized spacial score (nSPS) is 18.5. The fourth-order valence-corrected chi connectivity index (χ4v) is 5.84. The molecule has 1 aliphatic rings. The maximum atomic E-state index is 16.1. The van der Waals surface area contributed by atoms with Crippen LogP contribution in [0.3, 0.4) is 0 Å². The lowest BCUT2D eigenvalue weighted by molar-refractivity contribution is -0.0177. The summed E-state index contributed by atoms with van der Waals surface area (Å²) < 4.78 is 60.2. The third-order valence-electron chi connectivity index (χ3n) is 5.93. The molecule has 0 spiro atoms. The summed E-state index contributed by atoms with van der Waals surface area (Å²) in [7, 11) is -4.47. The SMILES string of the molecule is C=C1c2ccccc2N(S(=O)(=O)c2ccc(C)cc2)C1(C)C(F)(F)C(=O)c1ccccc1. The summed E-state index contributed by atoms with van der Waals surface area (Å²) in [6.07, 6.45) is 0. The van der Waals surface area contributed by atoms with E-state index in [-0.39, 0.29) is 27.3 Å². The van der Waals surface area contributed by atoms with Gasteiger partial charge in [-0.25, -0.2) is 12.7 Å². The minimum absolute atomic E-state index is 0.0566. The molecule has 32 heavy (non-hydrogen) atoms. The number of benzene rings is 3. The van der Waals surface area contributed by atoms with Crippen LogP contribution in [0, 0.1) is 6.92 Å². The Hall–Kier alpha value is -3.32. The van der Waals surface area contributed by atoms with Gasteiger partial charge >= 0.3 is 5.92 Å². The monoisotopic (exact) mass is 453 g/mol. The standard InChI is InChI=1S/C25H21F2NO3S/c1-17-13-15-20(16-14-17)32(30,31)28-22-12-8-7-11-21(22)18(2)24(28,3)25(26,27)23(29)19-9-5-4-6-10-19/h4-16H,2H2,1,3H3. The van der Waals surface area contributed by atoms with Crippen molar-refractivity contribution in [1.29, 1.82) is 0 Å². The van der Waals surface area contributed by atoms with Crippen LogP contribution in [0.25, 0.3) is 5.57 Å². The quantitative estimate of drug-likeness (QED) is 0.480. The van der Waals surface area contributed by atoms with Gasteiger partial charge in [-0.2, -0.15) is 8.78 Å². The Morgan fingerprint density at radius 1 is 0.938 bits per heavy atom. The summed E-state index contributed by atoms with van der Waals surface area (Å²) in [6, 6.07) is 19.2. The van der Waals surface area contributed by atoms with E-state index in [4.69, 9.17) is 0 Å². The van der Waals surface area contributed by atoms with Gasteiger partial charge in [-0.1, -0.05) is 72.8 Å². The molecule has 0 saturated carbocycles. The van der Waals surface area contributed by atoms with Crippen LogP contribution in [0.4, 0.5) is 14.5 Å². The molecule has 1 atom stereocenters. The number of anilines is 1. The first kappa shape index (κ1) is 21.9. The summed E-state index contributed by atoms with van der Waals surface area (Å²) in [4.78, 5) is 12.8. The number of aryl methyl sites for hydroxylation is 1. The highest BCUT2D eigenvalue weighted by Crippen LogP contribution is 2.55. The molecule has 0 aromatic heterocycles. The molecular formula is C25H21F2NO3S. The number of sulfonamides is 1. The molecule has 7 heteroatoms. The Morgan fingerprint density at radius 2 is 1.50 bits per heavy atom. The van der Waals surface area contributed by atoms with Gasteiger partial charge in [0.2, 0.25) is 5.78 Å². The number of hydrogen-bond acceptors (Lipinski definition) is 3. The van der Waals surface area contributed by atoms with E-state index in [0.29, 0.717) is 4.31 Å². The summed E-state index contributed by atoms with van der Waals surface area (Å²) in [5.41, 5.74) is -1.77. The van der Waals surface area contributed by atoms with Gasteiger partial charge in [-0.15, -0.1) is 0 Å². The van der Waals surface area contributed by atoms with E-state index >= 15 is 8.78 Å². The number of alkyl halides is 2. The summed E-state index contributed by atoms with van der Waals surface area (Å²) in [6.45, 7) is 6.67. The van der Waals surface area contributed by atoms with Gasteiger partial charge in [0.25, 0.3) is 10.0 Å². The second kappa shape index (κ2) is 7.38. The van der Waals surface area contributed by atoms with Crippen LogP contribution in [0.5, 0.6) is 0 Å². The molecule has 0 N–H and O–H groups in total. The van der Waals surface area contributed by atoms with Crippen molar-refractivity contribution >= 4 is 27.1 Å². The first-order valence-electron chi connectivity index (χ1n) is 9.91. The molecule has 1 aliphatic heterocycles. The number of fused-ring (bicyclic) bond motifs is 1. The van der Waals surface area contributed by atoms with E-state index < -0.39 is 27.3 Å². The average molecular weight is 454 g/mol. The van der Waals surface area contributed by atoms with Crippen molar-refractivity contribution in [3.63, 3.8) is 0 Å². The summed E-state index contributed by atoms with van der Waals surface area (Å²) in [5, 5.41) is 0. The molecular weight excluding hydrogens is 432 g/mol. The molecule has 1 unspecified atom stereocenters. The molecule has 0 aliphatic carbocycles. The zero-order chi connectivity index (χ0) is 23.3. The van der Waals surface area contributed by atoms with E-state index in [1.54, 1.807) is 37.3 Å². The van der Waals surface area contributed by atoms with Crippen molar-refractivity contribution in [1.82, 2.24) is 0 Å². The molecule has 1 heterocycles. The fraction of sp³-hybridized carbons (Fsp3) is 0.160. The number of carbonyl (C=O) groups excluding carboxylic acids is 1. The highest BCUT2D eigenvalue weighted by molar-refractivity contribution is 7.93. The fourth-order valence-electron chi connectivity index (χ4n) is 4.03.